The van der Waals surface area contributed by atoms with Crippen molar-refractivity contribution in [2.45, 2.75) is 5.41 Å². The van der Waals surface area contributed by atoms with Crippen LogP contribution >= 0.6 is 0 Å². The monoisotopic (exact) mass is 613 g/mol. The lowest BCUT2D eigenvalue weighted by Gasteiger charge is -2.39. The van der Waals surface area contributed by atoms with E-state index in [1.165, 1.54) is 22.3 Å². The molecule has 2 heterocycles. The molecule has 1 aliphatic heterocycles. The Morgan fingerprint density at radius 1 is 0.417 bits per heavy atom. The number of fused-ring (bicyclic) bond motifs is 10. The minimum atomic E-state index is -0.564. The van der Waals surface area contributed by atoms with E-state index in [1.54, 1.807) is 0 Å². The zero-order valence-corrected chi connectivity index (χ0v) is 25.8. The number of aromatic nitrogens is 3. The van der Waals surface area contributed by atoms with Gasteiger partial charge >= 0.3 is 0 Å². The van der Waals surface area contributed by atoms with Gasteiger partial charge in [0.05, 0.1) is 5.41 Å². The third-order valence-electron chi connectivity index (χ3n) is 9.88. The summed E-state index contributed by atoms with van der Waals surface area (Å²) in [6, 6.07) is 57.2. The summed E-state index contributed by atoms with van der Waals surface area (Å²) in [7, 11) is 0. The van der Waals surface area contributed by atoms with Crippen molar-refractivity contribution in [3.05, 3.63) is 186 Å². The molecule has 10 rings (SSSR count). The minimum Gasteiger partial charge on any atom is -0.457 e. The quantitative estimate of drug-likeness (QED) is 0.199. The molecule has 0 bridgehead atoms. The smallest absolute Gasteiger partial charge is 0.182 e. The largest absolute Gasteiger partial charge is 0.457 e. The molecule has 0 radical (unpaired) electrons. The fraction of sp³-hybridized carbons (Fsp3) is 0.0227. The molecule has 1 aromatic heterocycles. The minimum absolute atomic E-state index is 0.564. The van der Waals surface area contributed by atoms with Crippen LogP contribution in [0.3, 0.4) is 0 Å². The Balaban J connectivity index is 1.23. The summed E-state index contributed by atoms with van der Waals surface area (Å²) in [5.74, 6) is 2.32. The topological polar surface area (TPSA) is 47.9 Å². The van der Waals surface area contributed by atoms with Crippen molar-refractivity contribution in [2.24, 2.45) is 0 Å². The van der Waals surface area contributed by atoms with Crippen LogP contribution in [0.25, 0.3) is 55.8 Å². The van der Waals surface area contributed by atoms with E-state index in [0.29, 0.717) is 5.82 Å². The lowest BCUT2D eigenvalue weighted by Crippen LogP contribution is -2.32. The highest BCUT2D eigenvalue weighted by Gasteiger charge is 2.51. The van der Waals surface area contributed by atoms with Crippen LogP contribution in [-0.2, 0) is 5.41 Å². The van der Waals surface area contributed by atoms with Gasteiger partial charge in [-0.2, -0.15) is 0 Å². The van der Waals surface area contributed by atoms with Gasteiger partial charge in [-0.3, -0.25) is 0 Å². The van der Waals surface area contributed by atoms with Gasteiger partial charge in [0.1, 0.15) is 22.9 Å². The molecule has 0 saturated carbocycles. The third kappa shape index (κ3) is 3.74. The molecule has 0 amide bonds. The molecule has 0 fully saturated rings. The fourth-order valence-electron chi connectivity index (χ4n) is 7.85. The molecule has 0 unspecified atom stereocenters. The number of rotatable bonds is 3. The van der Waals surface area contributed by atoms with Gasteiger partial charge in [-0.25, -0.2) is 4.98 Å². The normalized spacial score (nSPS) is 13.3. The Morgan fingerprint density at radius 3 is 1.85 bits per heavy atom. The molecule has 0 atom stereocenters. The summed E-state index contributed by atoms with van der Waals surface area (Å²) in [4.78, 5) is 5.29. The number of hydrogen-bond donors (Lipinski definition) is 0. The second kappa shape index (κ2) is 10.3. The second-order valence-corrected chi connectivity index (χ2v) is 12.4. The summed E-state index contributed by atoms with van der Waals surface area (Å²) >= 11 is 0. The van der Waals surface area contributed by atoms with Crippen LogP contribution in [0.4, 0.5) is 0 Å². The highest BCUT2D eigenvalue weighted by molar-refractivity contribution is 5.98. The zero-order valence-electron chi connectivity index (χ0n) is 25.8. The van der Waals surface area contributed by atoms with Gasteiger partial charge in [-0.1, -0.05) is 146 Å². The molecule has 48 heavy (non-hydrogen) atoms. The second-order valence-electron chi connectivity index (χ2n) is 12.4. The van der Waals surface area contributed by atoms with Crippen LogP contribution in [-0.4, -0.2) is 15.2 Å². The van der Waals surface area contributed by atoms with Gasteiger partial charge in [0.2, 0.25) is 0 Å². The molecule has 1 aliphatic carbocycles. The summed E-state index contributed by atoms with van der Waals surface area (Å²) in [6.07, 6.45) is 0. The van der Waals surface area contributed by atoms with Crippen molar-refractivity contribution in [1.29, 1.82) is 0 Å². The molecule has 1 spiro atoms. The maximum Gasteiger partial charge on any atom is 0.182 e. The van der Waals surface area contributed by atoms with E-state index in [1.807, 2.05) is 30.3 Å². The van der Waals surface area contributed by atoms with E-state index >= 15 is 0 Å². The zero-order chi connectivity index (χ0) is 31.7. The Bertz CT molecular complexity index is 2510. The third-order valence-corrected chi connectivity index (χ3v) is 9.88. The van der Waals surface area contributed by atoms with Crippen molar-refractivity contribution in [3.8, 4) is 56.5 Å². The molecular formula is C44H27N3O. The maximum absolute atomic E-state index is 6.52. The number of benzene rings is 7. The molecule has 0 N–H and O–H groups in total. The van der Waals surface area contributed by atoms with Gasteiger partial charge in [0, 0.05) is 27.8 Å². The van der Waals surface area contributed by atoms with E-state index in [4.69, 9.17) is 19.9 Å². The van der Waals surface area contributed by atoms with Crippen molar-refractivity contribution in [2.75, 3.05) is 0 Å². The lowest BCUT2D eigenvalue weighted by molar-refractivity contribution is 0.436. The highest BCUT2D eigenvalue weighted by Crippen LogP contribution is 2.62. The summed E-state index contributed by atoms with van der Waals surface area (Å²) < 4.78 is 6.52. The van der Waals surface area contributed by atoms with E-state index < -0.39 is 5.41 Å². The standard InChI is InChI=1S/C44H27N3O/c1-2-14-29(15-3-1)41-42(34-19-12-16-28-13-4-5-17-31(28)34)46-47-43(45-41)30-25-26-33-32-18-6-7-20-35(32)44(38(33)27-30)36-21-8-10-23-39(36)48-40-24-11-9-22-37(40)44/h1-27H. The predicted molar refractivity (Wildman–Crippen MR) is 191 cm³/mol. The summed E-state index contributed by atoms with van der Waals surface area (Å²) in [6.45, 7) is 0. The Morgan fingerprint density at radius 2 is 1.04 bits per heavy atom. The average molecular weight is 614 g/mol. The van der Waals surface area contributed by atoms with Crippen LogP contribution in [0.1, 0.15) is 22.3 Å². The highest BCUT2D eigenvalue weighted by atomic mass is 16.5. The number of ether oxygens (including phenoxy) is 1. The van der Waals surface area contributed by atoms with Crippen molar-refractivity contribution in [3.63, 3.8) is 0 Å². The van der Waals surface area contributed by atoms with E-state index in [9.17, 15) is 0 Å². The van der Waals surface area contributed by atoms with Crippen LogP contribution in [0.15, 0.2) is 164 Å². The molecule has 224 valence electrons. The number of nitrogens with zero attached hydrogens (tertiary/aromatic N) is 3. The Labute approximate surface area is 278 Å². The SMILES string of the molecule is c1ccc(-c2nc(-c3ccc4c(c3)C3(c5ccccc5Oc5ccccc53)c3ccccc3-4)nnc2-c2cccc3ccccc23)cc1. The van der Waals surface area contributed by atoms with Gasteiger partial charge in [0.25, 0.3) is 0 Å². The first-order valence-corrected chi connectivity index (χ1v) is 16.2. The van der Waals surface area contributed by atoms with Crippen LogP contribution in [0, 0.1) is 0 Å². The summed E-state index contributed by atoms with van der Waals surface area (Å²) in [5.41, 5.74) is 11.0. The van der Waals surface area contributed by atoms with Gasteiger partial charge < -0.3 is 4.74 Å². The molecule has 4 nitrogen and oxygen atoms in total. The predicted octanol–water partition coefficient (Wildman–Crippen LogP) is 10.5. The maximum atomic E-state index is 6.52. The van der Waals surface area contributed by atoms with Gasteiger partial charge in [0.15, 0.2) is 5.82 Å². The van der Waals surface area contributed by atoms with Gasteiger partial charge in [-0.15, -0.1) is 10.2 Å². The number of hydrogen-bond acceptors (Lipinski definition) is 4. The first-order chi connectivity index (χ1) is 23.8. The molecule has 7 aromatic carbocycles. The lowest BCUT2D eigenvalue weighted by atomic mass is 9.66. The van der Waals surface area contributed by atoms with Crippen LogP contribution < -0.4 is 4.74 Å². The van der Waals surface area contributed by atoms with Crippen LogP contribution in [0.2, 0.25) is 0 Å². The van der Waals surface area contributed by atoms with Crippen LogP contribution in [0.5, 0.6) is 11.5 Å². The van der Waals surface area contributed by atoms with Gasteiger partial charge in [-0.05, 0) is 51.2 Å². The van der Waals surface area contributed by atoms with Crippen molar-refractivity contribution < 1.29 is 4.74 Å². The average Bonchev–Trinajstić information content (AvgIpc) is 3.45. The molecule has 8 aromatic rings. The first kappa shape index (κ1) is 26.8. The fourth-order valence-corrected chi connectivity index (χ4v) is 7.85. The first-order valence-electron chi connectivity index (χ1n) is 16.2. The summed E-state index contributed by atoms with van der Waals surface area (Å²) in [5, 5.41) is 12.0. The van der Waals surface area contributed by atoms with Crippen molar-refractivity contribution >= 4 is 10.8 Å². The molecular weight excluding hydrogens is 587 g/mol. The molecule has 0 saturated heterocycles. The van der Waals surface area contributed by atoms with E-state index in [0.717, 1.165) is 61.5 Å². The van der Waals surface area contributed by atoms with Crippen molar-refractivity contribution in [1.82, 2.24) is 15.2 Å². The molecule has 2 aliphatic rings. The van der Waals surface area contributed by atoms with E-state index in [-0.39, 0.29) is 0 Å². The molecule has 4 heteroatoms. The van der Waals surface area contributed by atoms with E-state index in [2.05, 4.69) is 133 Å². The Kier molecular flexibility index (Phi) is 5.75. The number of para-hydroxylation sites is 2. The Hall–Kier alpha value is -6.39.